The van der Waals surface area contributed by atoms with Gasteiger partial charge in [-0.15, -0.1) is 0 Å². The molecule has 4 nitrogen and oxygen atoms in total. The predicted molar refractivity (Wildman–Crippen MR) is 75.3 cm³/mol. The van der Waals surface area contributed by atoms with E-state index in [9.17, 15) is 9.59 Å². The van der Waals surface area contributed by atoms with E-state index in [4.69, 9.17) is 9.47 Å². The van der Waals surface area contributed by atoms with Crippen molar-refractivity contribution in [3.05, 3.63) is 40.0 Å². The first-order chi connectivity index (χ1) is 9.42. The molecule has 0 saturated heterocycles. The summed E-state index contributed by atoms with van der Waals surface area (Å²) in [6.07, 6.45) is 0. The number of rotatable bonds is 2. The Bertz CT molecular complexity index is 626. The average Bonchev–Trinajstić information content (AvgIpc) is 2.70. The smallest absolute Gasteiger partial charge is 0.335 e. The number of allylic oxidation sites excluding steroid dienone is 1. The molecule has 2 rings (SSSR count). The van der Waals surface area contributed by atoms with E-state index >= 15 is 0 Å². The number of fused-ring (bicyclic) bond motifs is 1. The van der Waals surface area contributed by atoms with Gasteiger partial charge in [0.1, 0.15) is 5.92 Å². The molecular weight excluding hydrogens is 256 g/mol. The Labute approximate surface area is 118 Å². The molecule has 0 fully saturated rings. The normalized spacial score (nSPS) is 16.9. The van der Waals surface area contributed by atoms with Gasteiger partial charge in [-0.3, -0.25) is 4.79 Å². The van der Waals surface area contributed by atoms with Crippen LogP contribution in [-0.4, -0.2) is 26.2 Å². The number of carbonyl (C=O) groups excluding carboxylic acids is 2. The first-order valence-electron chi connectivity index (χ1n) is 6.40. The number of carbonyl (C=O) groups is 2. The Hall–Kier alpha value is -2.10. The molecule has 1 aromatic rings. The van der Waals surface area contributed by atoms with Gasteiger partial charge in [-0.1, -0.05) is 17.7 Å². The van der Waals surface area contributed by atoms with Crippen molar-refractivity contribution in [3.63, 3.8) is 0 Å². The van der Waals surface area contributed by atoms with Gasteiger partial charge in [0.05, 0.1) is 19.8 Å². The van der Waals surface area contributed by atoms with Crippen molar-refractivity contribution in [2.24, 2.45) is 0 Å². The van der Waals surface area contributed by atoms with E-state index in [2.05, 4.69) is 0 Å². The highest BCUT2D eigenvalue weighted by molar-refractivity contribution is 6.09. The summed E-state index contributed by atoms with van der Waals surface area (Å²) in [4.78, 5) is 24.1. The Morgan fingerprint density at radius 3 is 2.25 bits per heavy atom. The van der Waals surface area contributed by atoms with Crippen molar-refractivity contribution in [2.75, 3.05) is 14.2 Å². The molecule has 0 spiro atoms. The van der Waals surface area contributed by atoms with Gasteiger partial charge in [0, 0.05) is 0 Å². The summed E-state index contributed by atoms with van der Waals surface area (Å²) in [5.41, 5.74) is 5.04. The lowest BCUT2D eigenvalue weighted by atomic mass is 9.92. The summed E-state index contributed by atoms with van der Waals surface area (Å²) in [5.74, 6) is -1.61. The van der Waals surface area contributed by atoms with Gasteiger partial charge in [0.15, 0.2) is 0 Å². The molecule has 106 valence electrons. The molecule has 1 aliphatic rings. The van der Waals surface area contributed by atoms with Gasteiger partial charge >= 0.3 is 11.9 Å². The fourth-order valence-corrected chi connectivity index (χ4v) is 2.99. The van der Waals surface area contributed by atoms with E-state index in [1.54, 1.807) is 0 Å². The number of ether oxygens (including phenoxy) is 2. The lowest BCUT2D eigenvalue weighted by Gasteiger charge is -2.14. The lowest BCUT2D eigenvalue weighted by Crippen LogP contribution is -2.20. The number of hydrogen-bond donors (Lipinski definition) is 0. The third-order valence-electron chi connectivity index (χ3n) is 3.73. The molecule has 20 heavy (non-hydrogen) atoms. The first kappa shape index (κ1) is 14.3. The number of hydrogen-bond acceptors (Lipinski definition) is 4. The summed E-state index contributed by atoms with van der Waals surface area (Å²) < 4.78 is 9.69. The van der Waals surface area contributed by atoms with Crippen molar-refractivity contribution in [1.82, 2.24) is 0 Å². The second-order valence-electron chi connectivity index (χ2n) is 5.03. The third-order valence-corrected chi connectivity index (χ3v) is 3.73. The van der Waals surface area contributed by atoms with Crippen LogP contribution < -0.4 is 0 Å². The van der Waals surface area contributed by atoms with Crippen LogP contribution in [0, 0.1) is 13.8 Å². The van der Waals surface area contributed by atoms with Crippen LogP contribution in [0.25, 0.3) is 5.57 Å². The number of benzene rings is 1. The molecule has 1 atom stereocenters. The van der Waals surface area contributed by atoms with Crippen LogP contribution in [0.2, 0.25) is 0 Å². The van der Waals surface area contributed by atoms with Gasteiger partial charge < -0.3 is 9.47 Å². The van der Waals surface area contributed by atoms with E-state index in [0.717, 1.165) is 27.8 Å². The second-order valence-corrected chi connectivity index (χ2v) is 5.03. The Balaban J connectivity index is 2.72. The zero-order chi connectivity index (χ0) is 15.0. The molecule has 0 aromatic heterocycles. The molecule has 0 amide bonds. The molecular formula is C16H18O4. The SMILES string of the molecule is COC(=O)C1=C(C)c2c(C)cc(C)cc2C1C(=O)OC. The molecule has 1 aliphatic carbocycles. The van der Waals surface area contributed by atoms with Gasteiger partial charge in [0.2, 0.25) is 0 Å². The van der Waals surface area contributed by atoms with Crippen molar-refractivity contribution >= 4 is 17.5 Å². The molecule has 0 radical (unpaired) electrons. The molecule has 0 saturated carbocycles. The first-order valence-corrected chi connectivity index (χ1v) is 6.40. The van der Waals surface area contributed by atoms with Gasteiger partial charge in [-0.2, -0.15) is 0 Å². The van der Waals surface area contributed by atoms with Gasteiger partial charge in [-0.05, 0) is 43.0 Å². The summed E-state index contributed by atoms with van der Waals surface area (Å²) >= 11 is 0. The summed E-state index contributed by atoms with van der Waals surface area (Å²) in [5, 5.41) is 0. The van der Waals surface area contributed by atoms with Crippen LogP contribution in [0.5, 0.6) is 0 Å². The molecule has 1 unspecified atom stereocenters. The molecule has 1 aromatic carbocycles. The Kier molecular flexibility index (Phi) is 3.66. The van der Waals surface area contributed by atoms with Crippen molar-refractivity contribution < 1.29 is 19.1 Å². The molecule has 4 heteroatoms. The van der Waals surface area contributed by atoms with E-state index in [1.165, 1.54) is 14.2 Å². The fraction of sp³-hybridized carbons (Fsp3) is 0.375. The predicted octanol–water partition coefficient (Wildman–Crippen LogP) is 2.52. The molecule has 0 N–H and O–H groups in total. The molecule has 0 heterocycles. The standard InChI is InChI=1S/C16H18O4/c1-8-6-9(2)12-10(3)13(15(17)19-4)14(11(12)7-8)16(18)20-5/h6-7,14H,1-5H3. The molecule has 0 bridgehead atoms. The average molecular weight is 274 g/mol. The Morgan fingerprint density at radius 1 is 1.05 bits per heavy atom. The van der Waals surface area contributed by atoms with Crippen LogP contribution in [-0.2, 0) is 19.1 Å². The highest BCUT2D eigenvalue weighted by Gasteiger charge is 2.40. The minimum Gasteiger partial charge on any atom is -0.468 e. The van der Waals surface area contributed by atoms with Crippen LogP contribution in [0.15, 0.2) is 17.7 Å². The van der Waals surface area contributed by atoms with Crippen LogP contribution >= 0.6 is 0 Å². The molecule has 0 aliphatic heterocycles. The summed E-state index contributed by atoms with van der Waals surface area (Å²) in [7, 11) is 2.64. The van der Waals surface area contributed by atoms with E-state index in [-0.39, 0.29) is 0 Å². The van der Waals surface area contributed by atoms with E-state index in [1.807, 2.05) is 32.9 Å². The number of esters is 2. The minimum atomic E-state index is -0.693. The lowest BCUT2D eigenvalue weighted by molar-refractivity contribution is -0.144. The maximum absolute atomic E-state index is 12.1. The minimum absolute atomic E-state index is 0.378. The number of methoxy groups -OCH3 is 2. The maximum atomic E-state index is 12.1. The third kappa shape index (κ3) is 2.01. The van der Waals surface area contributed by atoms with E-state index < -0.39 is 17.9 Å². The van der Waals surface area contributed by atoms with Crippen LogP contribution in [0.1, 0.15) is 35.1 Å². The maximum Gasteiger partial charge on any atom is 0.335 e. The van der Waals surface area contributed by atoms with Crippen molar-refractivity contribution in [2.45, 2.75) is 26.7 Å². The van der Waals surface area contributed by atoms with Gasteiger partial charge in [0.25, 0.3) is 0 Å². The van der Waals surface area contributed by atoms with Crippen LogP contribution in [0.4, 0.5) is 0 Å². The quantitative estimate of drug-likeness (QED) is 0.778. The second kappa shape index (κ2) is 5.12. The van der Waals surface area contributed by atoms with E-state index in [0.29, 0.717) is 5.57 Å². The summed E-state index contributed by atoms with van der Waals surface area (Å²) in [6, 6.07) is 3.97. The van der Waals surface area contributed by atoms with Gasteiger partial charge in [-0.25, -0.2) is 4.79 Å². The van der Waals surface area contributed by atoms with Crippen molar-refractivity contribution in [3.8, 4) is 0 Å². The van der Waals surface area contributed by atoms with Crippen LogP contribution in [0.3, 0.4) is 0 Å². The zero-order valence-corrected chi connectivity index (χ0v) is 12.4. The monoisotopic (exact) mass is 274 g/mol. The largest absolute Gasteiger partial charge is 0.468 e. The van der Waals surface area contributed by atoms with Crippen molar-refractivity contribution in [1.29, 1.82) is 0 Å². The highest BCUT2D eigenvalue weighted by Crippen LogP contribution is 2.44. The number of aryl methyl sites for hydroxylation is 2. The zero-order valence-electron chi connectivity index (χ0n) is 12.4. The topological polar surface area (TPSA) is 52.6 Å². The summed E-state index contributed by atoms with van der Waals surface area (Å²) in [6.45, 7) is 5.79. The Morgan fingerprint density at radius 2 is 1.70 bits per heavy atom. The fourth-order valence-electron chi connectivity index (χ4n) is 2.99. The highest BCUT2D eigenvalue weighted by atomic mass is 16.5.